The predicted molar refractivity (Wildman–Crippen MR) is 162 cm³/mol. The molecule has 5 rings (SSSR count). The Labute approximate surface area is 252 Å². The van der Waals surface area contributed by atoms with Crippen LogP contribution in [0.15, 0.2) is 63.5 Å². The minimum atomic E-state index is -0.941. The van der Waals surface area contributed by atoms with Crippen molar-refractivity contribution in [2.24, 2.45) is 10.9 Å². The molecule has 1 aromatic heterocycles. The third kappa shape index (κ3) is 5.40. The van der Waals surface area contributed by atoms with Gasteiger partial charge < -0.3 is 19.1 Å². The van der Waals surface area contributed by atoms with Crippen molar-refractivity contribution in [3.05, 3.63) is 84.5 Å². The van der Waals surface area contributed by atoms with E-state index in [2.05, 4.69) is 4.99 Å². The molecule has 10 nitrogen and oxygen atoms in total. The fourth-order valence-electron chi connectivity index (χ4n) is 5.31. The van der Waals surface area contributed by atoms with E-state index in [-0.39, 0.29) is 40.0 Å². The fourth-order valence-corrected chi connectivity index (χ4v) is 6.44. The van der Waals surface area contributed by atoms with Crippen molar-refractivity contribution >= 4 is 40.4 Å². The van der Waals surface area contributed by atoms with E-state index >= 15 is 0 Å². The van der Waals surface area contributed by atoms with Gasteiger partial charge in [-0.1, -0.05) is 56.4 Å². The van der Waals surface area contributed by atoms with E-state index in [0.29, 0.717) is 33.7 Å². The van der Waals surface area contributed by atoms with Gasteiger partial charge in [-0.05, 0) is 43.0 Å². The molecule has 43 heavy (non-hydrogen) atoms. The van der Waals surface area contributed by atoms with Gasteiger partial charge in [0.1, 0.15) is 4.53 Å². The monoisotopic (exact) mass is 603 g/mol. The summed E-state index contributed by atoms with van der Waals surface area (Å²) in [5, 5.41) is 0. The predicted octanol–water partition coefficient (Wildman–Crippen LogP) is 3.50. The van der Waals surface area contributed by atoms with Crippen molar-refractivity contribution in [1.82, 2.24) is 4.57 Å². The standard InChI is InChI=1S/C32H33N3O7S/c1-7-14-34-22-11-9-8-10-21(22)26(29(34)37)28-30(38)35-27(20-12-13-23(42-19(5)36)24(15-20)40-6)25(18(4)33-32(35)43-28)31(39)41-16-17(2)3/h8-13,15,17,27H,7,14,16H2,1-6H3. The number of thiazole rings is 1. The average Bonchev–Trinajstić information content (AvgIpc) is 3.43. The number of aromatic nitrogens is 1. The molecule has 3 heterocycles. The molecule has 1 atom stereocenters. The number of hydrogen-bond acceptors (Lipinski definition) is 9. The van der Waals surface area contributed by atoms with E-state index < -0.39 is 23.5 Å². The van der Waals surface area contributed by atoms with Crippen LogP contribution >= 0.6 is 11.3 Å². The lowest BCUT2D eigenvalue weighted by Crippen LogP contribution is -2.41. The number of hydrogen-bond donors (Lipinski definition) is 0. The Kier molecular flexibility index (Phi) is 8.36. The number of benzene rings is 2. The smallest absolute Gasteiger partial charge is 0.338 e. The molecule has 2 aliphatic rings. The van der Waals surface area contributed by atoms with Gasteiger partial charge in [0.2, 0.25) is 0 Å². The minimum absolute atomic E-state index is 0.0916. The molecule has 1 unspecified atom stereocenters. The number of amides is 1. The van der Waals surface area contributed by atoms with Crippen molar-refractivity contribution < 1.29 is 28.6 Å². The van der Waals surface area contributed by atoms with E-state index in [0.717, 1.165) is 23.4 Å². The van der Waals surface area contributed by atoms with Crippen LogP contribution in [0, 0.1) is 5.92 Å². The maximum Gasteiger partial charge on any atom is 0.338 e. The summed E-state index contributed by atoms with van der Waals surface area (Å²) in [6.07, 6.45) is 0.751. The zero-order valence-corrected chi connectivity index (χ0v) is 25.7. The van der Waals surface area contributed by atoms with E-state index in [1.807, 2.05) is 45.0 Å². The Morgan fingerprint density at radius 2 is 1.84 bits per heavy atom. The topological polar surface area (TPSA) is 117 Å². The number of fused-ring (bicyclic) bond motifs is 2. The second kappa shape index (κ2) is 12.0. The van der Waals surface area contributed by atoms with Crippen molar-refractivity contribution in [2.45, 2.75) is 47.1 Å². The molecule has 0 saturated carbocycles. The zero-order chi connectivity index (χ0) is 31.0. The maximum absolute atomic E-state index is 14.4. The molecule has 0 fully saturated rings. The molecule has 0 bridgehead atoms. The molecule has 224 valence electrons. The molecule has 2 aliphatic heterocycles. The first kappa shape index (κ1) is 30.0. The van der Waals surface area contributed by atoms with Crippen molar-refractivity contribution in [3.63, 3.8) is 0 Å². The van der Waals surface area contributed by atoms with Gasteiger partial charge in [0.05, 0.1) is 42.3 Å². The Hall–Kier alpha value is -4.51. The molecular formula is C32H33N3O7S. The maximum atomic E-state index is 14.4. The Morgan fingerprint density at radius 1 is 1.09 bits per heavy atom. The molecule has 0 N–H and O–H groups in total. The van der Waals surface area contributed by atoms with Crippen molar-refractivity contribution in [2.75, 3.05) is 25.2 Å². The van der Waals surface area contributed by atoms with E-state index in [1.54, 1.807) is 30.0 Å². The van der Waals surface area contributed by atoms with E-state index in [1.165, 1.54) is 18.6 Å². The van der Waals surface area contributed by atoms with Crippen LogP contribution in [-0.2, 0) is 19.1 Å². The Morgan fingerprint density at radius 3 is 2.51 bits per heavy atom. The van der Waals surface area contributed by atoms with Crippen LogP contribution in [0.3, 0.4) is 0 Å². The minimum Gasteiger partial charge on any atom is -0.493 e. The first-order valence-electron chi connectivity index (χ1n) is 14.1. The first-order valence-corrected chi connectivity index (χ1v) is 14.9. The van der Waals surface area contributed by atoms with Gasteiger partial charge >= 0.3 is 11.9 Å². The van der Waals surface area contributed by atoms with Crippen molar-refractivity contribution in [1.29, 1.82) is 0 Å². The van der Waals surface area contributed by atoms with Crippen LogP contribution in [0.4, 0.5) is 5.69 Å². The molecule has 0 saturated heterocycles. The number of carbonyl (C=O) groups excluding carboxylic acids is 3. The van der Waals surface area contributed by atoms with E-state index in [9.17, 15) is 19.2 Å². The summed E-state index contributed by atoms with van der Waals surface area (Å²) in [6, 6.07) is 11.3. The molecule has 11 heteroatoms. The van der Waals surface area contributed by atoms with Gasteiger partial charge in [-0.15, -0.1) is 0 Å². The number of nitrogens with zero attached hydrogens (tertiary/aromatic N) is 3. The number of para-hydroxylation sites is 1. The van der Waals surface area contributed by atoms with Crippen LogP contribution in [0.5, 0.6) is 11.5 Å². The van der Waals surface area contributed by atoms with Crippen LogP contribution in [0.1, 0.15) is 58.2 Å². The van der Waals surface area contributed by atoms with Crippen LogP contribution in [-0.4, -0.2) is 42.7 Å². The summed E-state index contributed by atoms with van der Waals surface area (Å²) >= 11 is 1.11. The van der Waals surface area contributed by atoms with Gasteiger partial charge in [0, 0.05) is 19.0 Å². The molecule has 2 aromatic carbocycles. The summed E-state index contributed by atoms with van der Waals surface area (Å²) in [6.45, 7) is 9.53. The number of allylic oxidation sites excluding steroid dienone is 1. The van der Waals surface area contributed by atoms with Gasteiger partial charge in [0.25, 0.3) is 11.5 Å². The van der Waals surface area contributed by atoms with Crippen LogP contribution < -0.4 is 29.3 Å². The number of esters is 2. The third-order valence-electron chi connectivity index (χ3n) is 7.12. The first-order chi connectivity index (χ1) is 20.6. The highest BCUT2D eigenvalue weighted by molar-refractivity contribution is 7.07. The summed E-state index contributed by atoms with van der Waals surface area (Å²) in [4.78, 5) is 60.0. The summed E-state index contributed by atoms with van der Waals surface area (Å²) in [7, 11) is 1.43. The Bertz CT molecular complexity index is 1850. The average molecular weight is 604 g/mol. The molecule has 3 aromatic rings. The van der Waals surface area contributed by atoms with Crippen LogP contribution in [0.25, 0.3) is 5.57 Å². The molecule has 0 spiro atoms. The Balaban J connectivity index is 1.77. The van der Waals surface area contributed by atoms with Crippen molar-refractivity contribution in [3.8, 4) is 11.5 Å². The number of methoxy groups -OCH3 is 1. The van der Waals surface area contributed by atoms with Gasteiger partial charge in [-0.25, -0.2) is 9.79 Å². The number of rotatable bonds is 8. The number of carbonyl (C=O) groups is 3. The van der Waals surface area contributed by atoms with Gasteiger partial charge in [0.15, 0.2) is 16.3 Å². The lowest BCUT2D eigenvalue weighted by molar-refractivity contribution is -0.140. The lowest BCUT2D eigenvalue weighted by atomic mass is 9.95. The third-order valence-corrected chi connectivity index (χ3v) is 8.17. The normalized spacial score (nSPS) is 17.0. The number of anilines is 1. The largest absolute Gasteiger partial charge is 0.493 e. The highest BCUT2D eigenvalue weighted by atomic mass is 32.1. The quantitative estimate of drug-likeness (QED) is 0.286. The summed E-state index contributed by atoms with van der Waals surface area (Å²) < 4.78 is 18.1. The molecule has 0 aliphatic carbocycles. The second-order valence-electron chi connectivity index (χ2n) is 10.7. The summed E-state index contributed by atoms with van der Waals surface area (Å²) in [5.41, 5.74) is 2.41. The van der Waals surface area contributed by atoms with Crippen LogP contribution in [0.2, 0.25) is 0 Å². The van der Waals surface area contributed by atoms with Gasteiger partial charge in [-0.3, -0.25) is 19.0 Å². The molecule has 0 radical (unpaired) electrons. The second-order valence-corrected chi connectivity index (χ2v) is 11.7. The molecular weight excluding hydrogens is 570 g/mol. The lowest BCUT2D eigenvalue weighted by Gasteiger charge is -2.25. The van der Waals surface area contributed by atoms with E-state index in [4.69, 9.17) is 14.2 Å². The number of ether oxygens (including phenoxy) is 3. The summed E-state index contributed by atoms with van der Waals surface area (Å²) in [5.74, 6) is -0.830. The fraction of sp³-hybridized carbons (Fsp3) is 0.344. The SMILES string of the molecule is CCCN1C(=O)C(=c2sc3n(c2=O)C(c2ccc(OC(C)=O)c(OC)c2)C(C(=O)OCC(C)C)=C(C)N=3)c2ccccc21. The molecule has 1 amide bonds. The van der Waals surface area contributed by atoms with Gasteiger partial charge in [-0.2, -0.15) is 0 Å². The highest BCUT2D eigenvalue weighted by Gasteiger charge is 2.37. The zero-order valence-electron chi connectivity index (χ0n) is 24.9. The highest BCUT2D eigenvalue weighted by Crippen LogP contribution is 2.37.